The number of carbonyl (C=O) groups is 1. The van der Waals surface area contributed by atoms with E-state index in [0.29, 0.717) is 24.1 Å². The van der Waals surface area contributed by atoms with Crippen LogP contribution in [0.1, 0.15) is 29.6 Å². The topological polar surface area (TPSA) is 67.2 Å². The maximum atomic E-state index is 12.9. The molecular weight excluding hydrogens is 330 g/mol. The minimum absolute atomic E-state index is 0.0469. The van der Waals surface area contributed by atoms with Gasteiger partial charge in [0.15, 0.2) is 0 Å². The smallest absolute Gasteiger partial charge is 0.257 e. The zero-order valence-corrected chi connectivity index (χ0v) is 15.7. The van der Waals surface area contributed by atoms with Crippen LogP contribution in [0, 0.1) is 5.92 Å². The minimum Gasteiger partial charge on any atom is -0.507 e. The third kappa shape index (κ3) is 4.37. The second kappa shape index (κ2) is 8.84. The van der Waals surface area contributed by atoms with Crippen molar-refractivity contribution in [1.82, 2.24) is 14.7 Å². The Hall–Kier alpha value is -1.63. The molecule has 2 aliphatic heterocycles. The lowest BCUT2D eigenvalue weighted by Gasteiger charge is -2.46. The van der Waals surface area contributed by atoms with Crippen molar-refractivity contribution in [2.45, 2.75) is 25.3 Å². The molecule has 2 heterocycles. The van der Waals surface area contributed by atoms with Crippen LogP contribution in [0.2, 0.25) is 0 Å². The highest BCUT2D eigenvalue weighted by Crippen LogP contribution is 2.29. The second-order valence-corrected chi connectivity index (χ2v) is 7.59. The summed E-state index contributed by atoms with van der Waals surface area (Å²) >= 11 is 0. The van der Waals surface area contributed by atoms with Crippen molar-refractivity contribution in [2.24, 2.45) is 5.92 Å². The van der Waals surface area contributed by atoms with Crippen molar-refractivity contribution < 1.29 is 15.0 Å². The third-order valence-electron chi connectivity index (χ3n) is 5.86. The van der Waals surface area contributed by atoms with E-state index in [1.165, 1.54) is 0 Å². The molecule has 26 heavy (non-hydrogen) atoms. The fourth-order valence-corrected chi connectivity index (χ4v) is 4.30. The normalized spacial score (nSPS) is 25.4. The Morgan fingerprint density at radius 2 is 1.88 bits per heavy atom. The van der Waals surface area contributed by atoms with E-state index in [4.69, 9.17) is 0 Å². The molecule has 6 nitrogen and oxygen atoms in total. The molecule has 6 heteroatoms. The number of phenols is 1. The van der Waals surface area contributed by atoms with Crippen LogP contribution in [0.4, 0.5) is 0 Å². The van der Waals surface area contributed by atoms with Crippen molar-refractivity contribution in [3.05, 3.63) is 29.8 Å². The average molecular weight is 361 g/mol. The van der Waals surface area contributed by atoms with Gasteiger partial charge in [0.2, 0.25) is 0 Å². The number of aliphatic hydroxyl groups excluding tert-OH is 1. The zero-order chi connectivity index (χ0) is 18.5. The Labute approximate surface area is 156 Å². The maximum absolute atomic E-state index is 12.9. The van der Waals surface area contributed by atoms with Crippen molar-refractivity contribution in [2.75, 3.05) is 52.9 Å². The van der Waals surface area contributed by atoms with Crippen LogP contribution in [0.5, 0.6) is 5.75 Å². The number of benzene rings is 1. The number of rotatable bonds is 5. The molecule has 144 valence electrons. The summed E-state index contributed by atoms with van der Waals surface area (Å²) in [5, 5.41) is 19.3. The van der Waals surface area contributed by atoms with Crippen LogP contribution in [0.3, 0.4) is 0 Å². The molecule has 1 amide bonds. The predicted molar refractivity (Wildman–Crippen MR) is 101 cm³/mol. The van der Waals surface area contributed by atoms with Crippen molar-refractivity contribution in [3.63, 3.8) is 0 Å². The number of hydrogen-bond acceptors (Lipinski definition) is 5. The minimum atomic E-state index is -0.0890. The summed E-state index contributed by atoms with van der Waals surface area (Å²) in [6, 6.07) is 7.24. The number of piperidine rings is 1. The highest BCUT2D eigenvalue weighted by atomic mass is 16.3. The number of likely N-dealkylation sites (tertiary alicyclic amines) is 1. The van der Waals surface area contributed by atoms with Crippen molar-refractivity contribution in [3.8, 4) is 5.75 Å². The van der Waals surface area contributed by atoms with Gasteiger partial charge in [-0.1, -0.05) is 12.1 Å². The molecule has 0 saturated carbocycles. The highest BCUT2D eigenvalue weighted by molar-refractivity contribution is 5.96. The van der Waals surface area contributed by atoms with Crippen LogP contribution in [0.25, 0.3) is 0 Å². The van der Waals surface area contributed by atoms with E-state index in [1.54, 1.807) is 24.3 Å². The number of likely N-dealkylation sites (N-methyl/N-ethyl adjacent to an activating group) is 1. The van der Waals surface area contributed by atoms with Gasteiger partial charge in [0.25, 0.3) is 5.91 Å². The molecule has 0 spiro atoms. The number of hydrogen-bond donors (Lipinski definition) is 2. The number of amides is 1. The largest absolute Gasteiger partial charge is 0.507 e. The summed E-state index contributed by atoms with van der Waals surface area (Å²) in [5.41, 5.74) is 0.381. The Bertz CT molecular complexity index is 602. The lowest BCUT2D eigenvalue weighted by atomic mass is 9.86. The lowest BCUT2D eigenvalue weighted by Crippen LogP contribution is -2.56. The van der Waals surface area contributed by atoms with Crippen LogP contribution >= 0.6 is 0 Å². The summed E-state index contributed by atoms with van der Waals surface area (Å²) < 4.78 is 0. The summed E-state index contributed by atoms with van der Waals surface area (Å²) in [5.74, 6) is 0.327. The van der Waals surface area contributed by atoms with E-state index in [2.05, 4.69) is 16.8 Å². The fraction of sp³-hybridized carbons (Fsp3) is 0.650. The fourth-order valence-electron chi connectivity index (χ4n) is 4.30. The molecule has 3 rings (SSSR count). The molecule has 1 aromatic carbocycles. The Kier molecular flexibility index (Phi) is 6.51. The Morgan fingerprint density at radius 1 is 1.15 bits per heavy atom. The first-order valence-corrected chi connectivity index (χ1v) is 9.71. The van der Waals surface area contributed by atoms with E-state index in [0.717, 1.165) is 52.0 Å². The van der Waals surface area contributed by atoms with Crippen LogP contribution in [-0.4, -0.2) is 89.8 Å². The highest BCUT2D eigenvalue weighted by Gasteiger charge is 2.36. The van der Waals surface area contributed by atoms with Gasteiger partial charge in [-0.3, -0.25) is 9.69 Å². The van der Waals surface area contributed by atoms with Crippen molar-refractivity contribution in [1.29, 1.82) is 0 Å². The average Bonchev–Trinajstić information content (AvgIpc) is 2.67. The number of nitrogens with zero attached hydrogens (tertiary/aromatic N) is 3. The molecule has 2 atom stereocenters. The van der Waals surface area contributed by atoms with Gasteiger partial charge in [0.05, 0.1) is 5.56 Å². The number of aliphatic hydroxyl groups is 1. The van der Waals surface area contributed by atoms with Gasteiger partial charge in [-0.25, -0.2) is 0 Å². The third-order valence-corrected chi connectivity index (χ3v) is 5.86. The molecule has 0 aromatic heterocycles. The van der Waals surface area contributed by atoms with Gasteiger partial charge in [-0.2, -0.15) is 0 Å². The number of phenolic OH excluding ortho intramolecular Hbond substituents is 1. The molecule has 1 aromatic rings. The first-order chi connectivity index (χ1) is 12.6. The van der Waals surface area contributed by atoms with E-state index >= 15 is 0 Å². The van der Waals surface area contributed by atoms with Gasteiger partial charge in [0, 0.05) is 51.9 Å². The predicted octanol–water partition coefficient (Wildman–Crippen LogP) is 1.24. The van der Waals surface area contributed by atoms with E-state index in [9.17, 15) is 15.0 Å². The van der Waals surface area contributed by atoms with E-state index < -0.39 is 0 Å². The Balaban J connectivity index is 1.69. The molecule has 2 saturated heterocycles. The van der Waals surface area contributed by atoms with Gasteiger partial charge < -0.3 is 20.0 Å². The van der Waals surface area contributed by atoms with Crippen molar-refractivity contribution >= 4 is 5.91 Å². The number of aromatic hydroxyl groups is 1. The maximum Gasteiger partial charge on any atom is 0.257 e. The van der Waals surface area contributed by atoms with Gasteiger partial charge in [-0.05, 0) is 44.4 Å². The molecule has 0 bridgehead atoms. The SMILES string of the molecule is CN1CCN([C@@H]2CCN(C(=O)c3ccccc3O)C[C@@H]2CCCO)CC1. The molecule has 2 N–H and O–H groups in total. The standard InChI is InChI=1S/C20H31N3O3/c1-21-10-12-22(13-11-21)18-8-9-23(15-16(18)5-4-14-24)20(26)17-6-2-3-7-19(17)25/h2-3,6-7,16,18,24-25H,4-5,8-15H2,1H3/t16-,18+/m0/s1. The Morgan fingerprint density at radius 3 is 2.58 bits per heavy atom. The van der Waals surface area contributed by atoms with Crippen LogP contribution < -0.4 is 0 Å². The number of piperazine rings is 1. The van der Waals surface area contributed by atoms with Gasteiger partial charge in [-0.15, -0.1) is 0 Å². The molecular formula is C20H31N3O3. The first-order valence-electron chi connectivity index (χ1n) is 9.71. The summed E-state index contributed by atoms with van der Waals surface area (Å²) in [6.45, 7) is 5.94. The van der Waals surface area contributed by atoms with Gasteiger partial charge in [0.1, 0.15) is 5.75 Å². The van der Waals surface area contributed by atoms with E-state index in [-0.39, 0.29) is 18.3 Å². The zero-order valence-electron chi connectivity index (χ0n) is 15.7. The van der Waals surface area contributed by atoms with Crippen LogP contribution in [0.15, 0.2) is 24.3 Å². The monoisotopic (exact) mass is 361 g/mol. The van der Waals surface area contributed by atoms with E-state index in [1.807, 2.05) is 4.90 Å². The number of para-hydroxylation sites is 1. The second-order valence-electron chi connectivity index (χ2n) is 7.59. The summed E-state index contributed by atoms with van der Waals surface area (Å²) in [7, 11) is 2.16. The molecule has 0 unspecified atom stereocenters. The first kappa shape index (κ1) is 19.1. The van der Waals surface area contributed by atoms with Gasteiger partial charge >= 0.3 is 0 Å². The number of carbonyl (C=O) groups excluding carboxylic acids is 1. The lowest BCUT2D eigenvalue weighted by molar-refractivity contribution is 0.0217. The molecule has 2 fully saturated rings. The summed E-state index contributed by atoms with van der Waals surface area (Å²) in [4.78, 5) is 19.7. The molecule has 0 aliphatic carbocycles. The quantitative estimate of drug-likeness (QED) is 0.826. The van der Waals surface area contributed by atoms with Crippen LogP contribution in [-0.2, 0) is 0 Å². The summed E-state index contributed by atoms with van der Waals surface area (Å²) in [6.07, 6.45) is 2.66. The molecule has 2 aliphatic rings. The molecule has 0 radical (unpaired) electrons.